The Morgan fingerprint density at radius 1 is 1.30 bits per heavy atom. The van der Waals surface area contributed by atoms with Crippen LogP contribution >= 0.6 is 0 Å². The van der Waals surface area contributed by atoms with Crippen molar-refractivity contribution in [1.82, 2.24) is 10.2 Å². The van der Waals surface area contributed by atoms with Crippen LogP contribution in [-0.2, 0) is 0 Å². The molecular weight excluding hydrogens is 340 g/mol. The Balaban J connectivity index is 1.68. The highest BCUT2D eigenvalue weighted by atomic mass is 16.5. The number of piperidine rings is 1. The van der Waals surface area contributed by atoms with Crippen LogP contribution < -0.4 is 10.1 Å². The topological polar surface area (TPSA) is 54.7 Å². The van der Waals surface area contributed by atoms with Gasteiger partial charge in [0, 0.05) is 12.1 Å². The third-order valence-electron chi connectivity index (χ3n) is 5.21. The van der Waals surface area contributed by atoms with Crippen LogP contribution in [0.3, 0.4) is 0 Å². The molecule has 1 aromatic heterocycles. The molecule has 0 aliphatic carbocycles. The van der Waals surface area contributed by atoms with E-state index >= 15 is 0 Å². The minimum absolute atomic E-state index is 0.0604. The van der Waals surface area contributed by atoms with Gasteiger partial charge in [0.1, 0.15) is 17.3 Å². The second-order valence-corrected chi connectivity index (χ2v) is 7.35. The first kappa shape index (κ1) is 19.5. The molecule has 146 valence electrons. The van der Waals surface area contributed by atoms with E-state index in [4.69, 9.17) is 9.15 Å². The first-order valence-corrected chi connectivity index (χ1v) is 9.88. The first-order valence-electron chi connectivity index (χ1n) is 9.88. The van der Waals surface area contributed by atoms with Crippen LogP contribution in [0.2, 0.25) is 0 Å². The maximum absolute atomic E-state index is 12.7. The highest BCUT2D eigenvalue weighted by molar-refractivity contribution is 5.94. The summed E-state index contributed by atoms with van der Waals surface area (Å²) in [5.41, 5.74) is 0.614. The van der Waals surface area contributed by atoms with Crippen molar-refractivity contribution in [3.8, 4) is 5.75 Å². The third kappa shape index (κ3) is 5.13. The predicted octanol–water partition coefficient (Wildman–Crippen LogP) is 4.19. The van der Waals surface area contributed by atoms with Crippen LogP contribution in [0.1, 0.15) is 54.6 Å². The maximum Gasteiger partial charge on any atom is 0.251 e. The van der Waals surface area contributed by atoms with Gasteiger partial charge in [-0.25, -0.2) is 0 Å². The van der Waals surface area contributed by atoms with Gasteiger partial charge in [0.2, 0.25) is 0 Å². The molecule has 1 aromatic carbocycles. The highest BCUT2D eigenvalue weighted by Crippen LogP contribution is 2.27. The average molecular weight is 370 g/mol. The number of aryl methyl sites for hydroxylation is 1. The van der Waals surface area contributed by atoms with Gasteiger partial charge in [-0.1, -0.05) is 13.0 Å². The molecule has 1 atom stereocenters. The molecule has 2 aromatic rings. The van der Waals surface area contributed by atoms with Crippen LogP contribution in [0.25, 0.3) is 0 Å². The Morgan fingerprint density at radius 3 is 2.74 bits per heavy atom. The number of carbonyl (C=O) groups is 1. The van der Waals surface area contributed by atoms with Crippen molar-refractivity contribution < 1.29 is 13.9 Å². The van der Waals surface area contributed by atoms with E-state index in [2.05, 4.69) is 17.1 Å². The summed E-state index contributed by atoms with van der Waals surface area (Å²) in [5.74, 6) is 3.21. The maximum atomic E-state index is 12.7. The Kier molecular flexibility index (Phi) is 6.56. The summed E-state index contributed by atoms with van der Waals surface area (Å²) in [6.45, 7) is 9.36. The van der Waals surface area contributed by atoms with Crippen molar-refractivity contribution in [2.45, 2.75) is 39.7 Å². The van der Waals surface area contributed by atoms with Crippen molar-refractivity contribution in [3.63, 3.8) is 0 Å². The summed E-state index contributed by atoms with van der Waals surface area (Å²) >= 11 is 0. The molecule has 1 aliphatic heterocycles. The number of hydrogen-bond donors (Lipinski definition) is 1. The average Bonchev–Trinajstić information content (AvgIpc) is 3.10. The van der Waals surface area contributed by atoms with E-state index in [1.54, 1.807) is 6.07 Å². The highest BCUT2D eigenvalue weighted by Gasteiger charge is 2.27. The zero-order valence-electron chi connectivity index (χ0n) is 16.5. The summed E-state index contributed by atoms with van der Waals surface area (Å²) < 4.78 is 11.4. The predicted molar refractivity (Wildman–Crippen MR) is 106 cm³/mol. The summed E-state index contributed by atoms with van der Waals surface area (Å²) in [6, 6.07) is 11.4. The van der Waals surface area contributed by atoms with Gasteiger partial charge >= 0.3 is 0 Å². The molecule has 5 nitrogen and oxygen atoms in total. The molecule has 5 heteroatoms. The van der Waals surface area contributed by atoms with E-state index < -0.39 is 0 Å². The quantitative estimate of drug-likeness (QED) is 0.794. The van der Waals surface area contributed by atoms with Crippen molar-refractivity contribution in [1.29, 1.82) is 0 Å². The van der Waals surface area contributed by atoms with Crippen LogP contribution in [0.15, 0.2) is 40.8 Å². The summed E-state index contributed by atoms with van der Waals surface area (Å²) in [4.78, 5) is 15.1. The lowest BCUT2D eigenvalue weighted by Gasteiger charge is -2.35. The number of amides is 1. The van der Waals surface area contributed by atoms with Gasteiger partial charge in [-0.15, -0.1) is 0 Å². The molecule has 1 amide bonds. The number of furan rings is 1. The molecule has 2 heterocycles. The van der Waals surface area contributed by atoms with Crippen molar-refractivity contribution in [2.75, 3.05) is 26.2 Å². The number of nitrogens with one attached hydrogen (secondary N) is 1. The van der Waals surface area contributed by atoms with Gasteiger partial charge in [0.25, 0.3) is 5.91 Å². The number of ether oxygens (including phenoxy) is 1. The van der Waals surface area contributed by atoms with E-state index in [9.17, 15) is 4.79 Å². The van der Waals surface area contributed by atoms with Crippen LogP contribution in [0.4, 0.5) is 0 Å². The van der Waals surface area contributed by atoms with E-state index in [0.717, 1.165) is 30.5 Å². The summed E-state index contributed by atoms with van der Waals surface area (Å²) in [6.07, 6.45) is 2.36. The Hall–Kier alpha value is -2.27. The van der Waals surface area contributed by atoms with Gasteiger partial charge in [0.05, 0.1) is 12.6 Å². The van der Waals surface area contributed by atoms with Crippen molar-refractivity contribution in [2.24, 2.45) is 5.92 Å². The molecule has 1 saturated heterocycles. The zero-order chi connectivity index (χ0) is 19.2. The second kappa shape index (κ2) is 9.09. The molecule has 27 heavy (non-hydrogen) atoms. The SMILES string of the molecule is CCOc1cccc(C(=O)NC[C@@H](c2ccc(C)o2)N2CCC(C)CC2)c1. The number of likely N-dealkylation sites (tertiary alicyclic amines) is 1. The Bertz CT molecular complexity index is 748. The normalized spacial score (nSPS) is 16.9. The minimum atomic E-state index is -0.0878. The lowest BCUT2D eigenvalue weighted by molar-refractivity contribution is 0.0894. The number of nitrogens with zero attached hydrogens (tertiary/aromatic N) is 1. The van der Waals surface area contributed by atoms with Gasteiger partial charge in [-0.2, -0.15) is 0 Å². The van der Waals surface area contributed by atoms with Gasteiger partial charge in [-0.05, 0) is 76.0 Å². The lowest BCUT2D eigenvalue weighted by Crippen LogP contribution is -2.41. The smallest absolute Gasteiger partial charge is 0.251 e. The van der Waals surface area contributed by atoms with E-state index in [-0.39, 0.29) is 11.9 Å². The fraction of sp³-hybridized carbons (Fsp3) is 0.500. The van der Waals surface area contributed by atoms with Crippen LogP contribution in [-0.4, -0.2) is 37.0 Å². The molecule has 3 rings (SSSR count). The number of rotatable bonds is 7. The summed E-state index contributed by atoms with van der Waals surface area (Å²) in [5, 5.41) is 3.09. The molecule has 0 unspecified atom stereocenters. The monoisotopic (exact) mass is 370 g/mol. The van der Waals surface area contributed by atoms with E-state index in [0.29, 0.717) is 24.5 Å². The fourth-order valence-corrected chi connectivity index (χ4v) is 3.57. The van der Waals surface area contributed by atoms with E-state index in [1.807, 2.05) is 44.2 Å². The third-order valence-corrected chi connectivity index (χ3v) is 5.21. The summed E-state index contributed by atoms with van der Waals surface area (Å²) in [7, 11) is 0. The van der Waals surface area contributed by atoms with Gasteiger partial charge in [-0.3, -0.25) is 9.69 Å². The molecular formula is C22H30N2O3. The molecule has 0 saturated carbocycles. The molecule has 0 radical (unpaired) electrons. The lowest BCUT2D eigenvalue weighted by atomic mass is 9.97. The number of carbonyl (C=O) groups excluding carboxylic acids is 1. The Morgan fingerprint density at radius 2 is 2.07 bits per heavy atom. The largest absolute Gasteiger partial charge is 0.494 e. The van der Waals surface area contributed by atoms with Gasteiger partial charge < -0.3 is 14.5 Å². The molecule has 1 aliphatic rings. The molecule has 1 N–H and O–H groups in total. The first-order chi connectivity index (χ1) is 13.1. The Labute approximate surface area is 161 Å². The minimum Gasteiger partial charge on any atom is -0.494 e. The van der Waals surface area contributed by atoms with Crippen LogP contribution in [0, 0.1) is 12.8 Å². The number of benzene rings is 1. The zero-order valence-corrected chi connectivity index (χ0v) is 16.5. The number of hydrogen-bond acceptors (Lipinski definition) is 4. The van der Waals surface area contributed by atoms with Crippen molar-refractivity contribution >= 4 is 5.91 Å². The van der Waals surface area contributed by atoms with Gasteiger partial charge in [0.15, 0.2) is 0 Å². The van der Waals surface area contributed by atoms with Crippen molar-refractivity contribution in [3.05, 3.63) is 53.5 Å². The standard InChI is InChI=1S/C22H30N2O3/c1-4-26-19-7-5-6-18(14-19)22(25)23-15-20(21-9-8-17(3)27-21)24-12-10-16(2)11-13-24/h5-9,14,16,20H,4,10-13,15H2,1-3H3,(H,23,25)/t20-/m0/s1. The van der Waals surface area contributed by atoms with E-state index in [1.165, 1.54) is 12.8 Å². The molecule has 1 fully saturated rings. The fourth-order valence-electron chi connectivity index (χ4n) is 3.57. The molecule has 0 bridgehead atoms. The van der Waals surface area contributed by atoms with Crippen LogP contribution in [0.5, 0.6) is 5.75 Å². The second-order valence-electron chi connectivity index (χ2n) is 7.35. The molecule has 0 spiro atoms.